The zero-order valence-electron chi connectivity index (χ0n) is 14.0. The molecule has 0 amide bonds. The van der Waals surface area contributed by atoms with Crippen molar-refractivity contribution in [2.45, 2.75) is 18.9 Å². The number of nitrogens with one attached hydrogen (secondary N) is 2. The molecule has 2 aromatic heterocycles. The second kappa shape index (κ2) is 6.26. The molecule has 2 heterocycles. The van der Waals surface area contributed by atoms with E-state index in [9.17, 15) is 10.5 Å². The van der Waals surface area contributed by atoms with Crippen molar-refractivity contribution in [1.29, 1.82) is 10.5 Å². The van der Waals surface area contributed by atoms with Gasteiger partial charge in [0.05, 0.1) is 30.6 Å². The van der Waals surface area contributed by atoms with Gasteiger partial charge in [-0.3, -0.25) is 0 Å². The van der Waals surface area contributed by atoms with Gasteiger partial charge in [0.25, 0.3) is 0 Å². The summed E-state index contributed by atoms with van der Waals surface area (Å²) in [7, 11) is 1.55. The third kappa shape index (κ3) is 2.96. The van der Waals surface area contributed by atoms with Gasteiger partial charge in [-0.25, -0.2) is 4.98 Å². The van der Waals surface area contributed by atoms with E-state index in [0.29, 0.717) is 40.2 Å². The normalized spacial score (nSPS) is 13.0. The SMILES string of the molecule is COc1cc(C#N)cc(Nc2cc(NC3CC3)c3ncc(C#N)n3n2)c1. The van der Waals surface area contributed by atoms with E-state index in [-0.39, 0.29) is 0 Å². The molecule has 1 fully saturated rings. The van der Waals surface area contributed by atoms with Gasteiger partial charge in [0.15, 0.2) is 17.2 Å². The Morgan fingerprint density at radius 3 is 2.73 bits per heavy atom. The molecule has 8 heteroatoms. The standard InChI is InChI=1S/C18H15N7O/c1-26-15-5-11(8-19)4-13(6-15)23-17-7-16(22-12-2-3-12)18-21-10-14(9-20)25(18)24-17/h4-7,10,12,22H,2-3H2,1H3,(H,23,24). The largest absolute Gasteiger partial charge is 0.497 e. The molecule has 0 aliphatic heterocycles. The monoisotopic (exact) mass is 345 g/mol. The van der Waals surface area contributed by atoms with Gasteiger partial charge in [-0.1, -0.05) is 0 Å². The number of hydrogen-bond donors (Lipinski definition) is 2. The highest BCUT2D eigenvalue weighted by molar-refractivity contribution is 5.74. The Hall–Kier alpha value is -3.78. The molecular weight excluding hydrogens is 330 g/mol. The Morgan fingerprint density at radius 2 is 2.04 bits per heavy atom. The average Bonchev–Trinajstić information content (AvgIpc) is 3.37. The van der Waals surface area contributed by atoms with Crippen LogP contribution in [0.2, 0.25) is 0 Å². The number of methoxy groups -OCH3 is 1. The molecule has 0 saturated heterocycles. The van der Waals surface area contributed by atoms with Crippen LogP contribution in [0.1, 0.15) is 24.1 Å². The number of rotatable bonds is 5. The van der Waals surface area contributed by atoms with Crippen molar-refractivity contribution in [3.05, 3.63) is 41.7 Å². The molecule has 1 aromatic carbocycles. The van der Waals surface area contributed by atoms with Crippen LogP contribution < -0.4 is 15.4 Å². The molecule has 0 radical (unpaired) electrons. The number of benzene rings is 1. The summed E-state index contributed by atoms with van der Waals surface area (Å²) in [5, 5.41) is 29.5. The lowest BCUT2D eigenvalue weighted by molar-refractivity contribution is 0.415. The molecular formula is C18H15N7O. The number of nitrogens with zero attached hydrogens (tertiary/aromatic N) is 5. The van der Waals surface area contributed by atoms with Gasteiger partial charge in [-0.2, -0.15) is 15.0 Å². The summed E-state index contributed by atoms with van der Waals surface area (Å²) in [6.45, 7) is 0. The van der Waals surface area contributed by atoms with E-state index in [2.05, 4.69) is 32.9 Å². The van der Waals surface area contributed by atoms with Crippen LogP contribution in [0.5, 0.6) is 5.75 Å². The van der Waals surface area contributed by atoms with E-state index in [0.717, 1.165) is 18.5 Å². The predicted molar refractivity (Wildman–Crippen MR) is 95.3 cm³/mol. The maximum Gasteiger partial charge on any atom is 0.178 e. The van der Waals surface area contributed by atoms with E-state index in [1.807, 2.05) is 6.07 Å². The quantitative estimate of drug-likeness (QED) is 0.731. The topological polar surface area (TPSA) is 111 Å². The molecule has 1 aliphatic rings. The molecule has 26 heavy (non-hydrogen) atoms. The van der Waals surface area contributed by atoms with Crippen molar-refractivity contribution in [2.24, 2.45) is 0 Å². The molecule has 8 nitrogen and oxygen atoms in total. The van der Waals surface area contributed by atoms with Crippen molar-refractivity contribution in [1.82, 2.24) is 14.6 Å². The van der Waals surface area contributed by atoms with Crippen molar-refractivity contribution in [3.63, 3.8) is 0 Å². The predicted octanol–water partition coefficient (Wildman–Crippen LogP) is 2.80. The Labute approximate surface area is 149 Å². The van der Waals surface area contributed by atoms with Crippen LogP contribution in [-0.2, 0) is 0 Å². The molecule has 1 aliphatic carbocycles. The molecule has 4 rings (SSSR count). The van der Waals surface area contributed by atoms with Crippen LogP contribution >= 0.6 is 0 Å². The Bertz CT molecular complexity index is 1070. The molecule has 0 unspecified atom stereocenters. The lowest BCUT2D eigenvalue weighted by Crippen LogP contribution is -2.07. The minimum atomic E-state index is 0.353. The molecule has 0 bridgehead atoms. The third-order valence-corrected chi connectivity index (χ3v) is 4.06. The molecule has 2 N–H and O–H groups in total. The third-order valence-electron chi connectivity index (χ3n) is 4.06. The maximum absolute atomic E-state index is 9.28. The number of fused-ring (bicyclic) bond motifs is 1. The van der Waals surface area contributed by atoms with Crippen molar-refractivity contribution < 1.29 is 4.74 Å². The van der Waals surface area contributed by atoms with Gasteiger partial charge in [0, 0.05) is 23.9 Å². The minimum Gasteiger partial charge on any atom is -0.497 e. The van der Waals surface area contributed by atoms with E-state index in [4.69, 9.17) is 4.74 Å². The molecule has 1 saturated carbocycles. The number of ether oxygens (including phenoxy) is 1. The van der Waals surface area contributed by atoms with Gasteiger partial charge in [0.2, 0.25) is 0 Å². The number of aromatic nitrogens is 3. The van der Waals surface area contributed by atoms with Crippen LogP contribution in [0.4, 0.5) is 17.2 Å². The van der Waals surface area contributed by atoms with Crippen LogP contribution in [0.15, 0.2) is 30.5 Å². The maximum atomic E-state index is 9.28. The second-order valence-corrected chi connectivity index (χ2v) is 6.04. The van der Waals surface area contributed by atoms with Gasteiger partial charge in [-0.15, -0.1) is 5.10 Å². The fourth-order valence-corrected chi connectivity index (χ4v) is 2.66. The summed E-state index contributed by atoms with van der Waals surface area (Å²) in [5.41, 5.74) is 2.93. The molecule has 0 spiro atoms. The molecule has 0 atom stereocenters. The van der Waals surface area contributed by atoms with Gasteiger partial charge in [0.1, 0.15) is 11.8 Å². The highest BCUT2D eigenvalue weighted by Crippen LogP contribution is 2.30. The van der Waals surface area contributed by atoms with E-state index in [1.165, 1.54) is 10.7 Å². The average molecular weight is 345 g/mol. The number of hydrogen-bond acceptors (Lipinski definition) is 7. The molecule has 3 aromatic rings. The fourth-order valence-electron chi connectivity index (χ4n) is 2.66. The summed E-state index contributed by atoms with van der Waals surface area (Å²) in [5.74, 6) is 1.11. The zero-order chi connectivity index (χ0) is 18.1. The van der Waals surface area contributed by atoms with E-state index in [1.54, 1.807) is 25.3 Å². The summed E-state index contributed by atoms with van der Waals surface area (Å²) in [6.07, 6.45) is 3.73. The number of nitriles is 2. The zero-order valence-corrected chi connectivity index (χ0v) is 14.0. The first-order valence-electron chi connectivity index (χ1n) is 8.12. The second-order valence-electron chi connectivity index (χ2n) is 6.04. The van der Waals surface area contributed by atoms with Crippen LogP contribution in [0.3, 0.4) is 0 Å². The van der Waals surface area contributed by atoms with Crippen molar-refractivity contribution >= 4 is 22.8 Å². The summed E-state index contributed by atoms with van der Waals surface area (Å²) in [6, 6.07) is 11.6. The van der Waals surface area contributed by atoms with Crippen LogP contribution in [0.25, 0.3) is 5.65 Å². The van der Waals surface area contributed by atoms with E-state index < -0.39 is 0 Å². The van der Waals surface area contributed by atoms with Crippen LogP contribution in [-0.4, -0.2) is 27.7 Å². The minimum absolute atomic E-state index is 0.353. The highest BCUT2D eigenvalue weighted by atomic mass is 16.5. The fraction of sp³-hybridized carbons (Fsp3) is 0.222. The lowest BCUT2D eigenvalue weighted by atomic mass is 10.2. The number of anilines is 3. The Morgan fingerprint density at radius 1 is 1.19 bits per heavy atom. The van der Waals surface area contributed by atoms with Gasteiger partial charge >= 0.3 is 0 Å². The number of imidazole rings is 1. The van der Waals surface area contributed by atoms with Crippen molar-refractivity contribution in [2.75, 3.05) is 17.7 Å². The highest BCUT2D eigenvalue weighted by Gasteiger charge is 2.23. The van der Waals surface area contributed by atoms with Crippen molar-refractivity contribution in [3.8, 4) is 17.9 Å². The first-order valence-corrected chi connectivity index (χ1v) is 8.12. The first kappa shape index (κ1) is 15.7. The lowest BCUT2D eigenvalue weighted by Gasteiger charge is -2.12. The Balaban J connectivity index is 1.76. The summed E-state index contributed by atoms with van der Waals surface area (Å²) in [4.78, 5) is 4.30. The van der Waals surface area contributed by atoms with Gasteiger partial charge in [-0.05, 0) is 25.0 Å². The van der Waals surface area contributed by atoms with Crippen LogP contribution in [0, 0.1) is 22.7 Å². The summed E-state index contributed by atoms with van der Waals surface area (Å²) < 4.78 is 6.74. The summed E-state index contributed by atoms with van der Waals surface area (Å²) >= 11 is 0. The Kier molecular flexibility index (Phi) is 3.79. The molecule has 128 valence electrons. The van der Waals surface area contributed by atoms with Gasteiger partial charge < -0.3 is 15.4 Å². The first-order chi connectivity index (χ1) is 12.7. The smallest absolute Gasteiger partial charge is 0.178 e. The van der Waals surface area contributed by atoms with E-state index >= 15 is 0 Å².